The van der Waals surface area contributed by atoms with Crippen LogP contribution in [0, 0.1) is 0 Å². The molecule has 0 aliphatic carbocycles. The summed E-state index contributed by atoms with van der Waals surface area (Å²) in [5.74, 6) is 0.0111. The van der Waals surface area contributed by atoms with E-state index in [0.29, 0.717) is 22.2 Å². The maximum Gasteiger partial charge on any atom is 0.345 e. The van der Waals surface area contributed by atoms with Gasteiger partial charge in [-0.2, -0.15) is 0 Å². The Kier molecular flexibility index (Phi) is 5.04. The van der Waals surface area contributed by atoms with Crippen LogP contribution in [-0.2, 0) is 0 Å². The second-order valence-electron chi connectivity index (χ2n) is 6.07. The van der Waals surface area contributed by atoms with Gasteiger partial charge in [-0.15, -0.1) is 11.3 Å². The zero-order chi connectivity index (χ0) is 20.5. The topological polar surface area (TPSA) is 97.2 Å². The van der Waals surface area contributed by atoms with Crippen molar-refractivity contribution in [1.29, 1.82) is 0 Å². The van der Waals surface area contributed by atoms with Gasteiger partial charge in [-0.3, -0.25) is 4.98 Å². The Labute approximate surface area is 175 Å². The Hall–Kier alpha value is -3.23. The number of ether oxygens (including phenoxy) is 1. The molecule has 4 aromatic rings. The first-order chi connectivity index (χ1) is 14.0. The summed E-state index contributed by atoms with van der Waals surface area (Å²) in [6, 6.07) is 7.07. The number of hydrogen-bond donors (Lipinski definition) is 2. The quantitative estimate of drug-likeness (QED) is 0.472. The number of thiophene rings is 1. The maximum atomic E-state index is 11.3. The van der Waals surface area contributed by atoms with Crippen LogP contribution in [0.25, 0.3) is 32.5 Å². The van der Waals surface area contributed by atoms with Gasteiger partial charge >= 0.3 is 5.97 Å². The average molecular weight is 427 g/mol. The van der Waals surface area contributed by atoms with Crippen molar-refractivity contribution in [3.63, 3.8) is 0 Å². The van der Waals surface area contributed by atoms with E-state index in [-0.39, 0.29) is 4.88 Å². The van der Waals surface area contributed by atoms with Gasteiger partial charge in [-0.25, -0.2) is 14.8 Å². The number of anilines is 1. The van der Waals surface area contributed by atoms with Gasteiger partial charge in [0.25, 0.3) is 0 Å². The van der Waals surface area contributed by atoms with Gasteiger partial charge in [0.05, 0.1) is 12.1 Å². The highest BCUT2D eigenvalue weighted by molar-refractivity contribution is 7.17. The number of methoxy groups -OCH3 is 1. The Bertz CT molecular complexity index is 1240. The molecular formula is C20H15ClN4O3S. The van der Waals surface area contributed by atoms with E-state index in [1.54, 1.807) is 44.9 Å². The van der Waals surface area contributed by atoms with Gasteiger partial charge in [0.1, 0.15) is 10.4 Å². The lowest BCUT2D eigenvalue weighted by Crippen LogP contribution is -1.99. The summed E-state index contributed by atoms with van der Waals surface area (Å²) in [6.45, 7) is 0. The minimum Gasteiger partial charge on any atom is -0.494 e. The molecule has 0 radical (unpaired) electrons. The van der Waals surface area contributed by atoms with Gasteiger partial charge in [-0.1, -0.05) is 11.6 Å². The number of nitrogens with zero attached hydrogens (tertiary/aromatic N) is 3. The summed E-state index contributed by atoms with van der Waals surface area (Å²) in [4.78, 5) is 25.4. The van der Waals surface area contributed by atoms with Crippen LogP contribution in [0.15, 0.2) is 42.9 Å². The Morgan fingerprint density at radius 1 is 1.21 bits per heavy atom. The summed E-state index contributed by atoms with van der Waals surface area (Å²) < 4.78 is 5.70. The number of aromatic carboxylic acids is 1. The van der Waals surface area contributed by atoms with Gasteiger partial charge in [-0.05, 0) is 29.8 Å². The number of carboxylic acid groups (broad SMARTS) is 1. The van der Waals surface area contributed by atoms with E-state index in [4.69, 9.17) is 16.3 Å². The van der Waals surface area contributed by atoms with E-state index in [1.807, 2.05) is 12.1 Å². The van der Waals surface area contributed by atoms with Crippen LogP contribution in [-0.4, -0.2) is 40.2 Å². The minimum absolute atomic E-state index is 0.242. The van der Waals surface area contributed by atoms with Crippen LogP contribution in [0.3, 0.4) is 0 Å². The fourth-order valence-corrected chi connectivity index (χ4v) is 4.10. The van der Waals surface area contributed by atoms with Gasteiger partial charge in [0, 0.05) is 47.0 Å². The SMILES string of the molecule is CNc1ncc2c(-c3cncc(Cl)c3)cc(-c3ccc(C(=O)O)s3)c(OC)c2n1. The van der Waals surface area contributed by atoms with Crippen LogP contribution >= 0.6 is 22.9 Å². The van der Waals surface area contributed by atoms with Gasteiger partial charge < -0.3 is 15.2 Å². The highest BCUT2D eigenvalue weighted by Gasteiger charge is 2.20. The average Bonchev–Trinajstić information content (AvgIpc) is 3.22. The number of hydrogen-bond acceptors (Lipinski definition) is 7. The number of halogens is 1. The molecule has 146 valence electrons. The maximum absolute atomic E-state index is 11.3. The van der Waals surface area contributed by atoms with Crippen molar-refractivity contribution in [1.82, 2.24) is 15.0 Å². The predicted octanol–water partition coefficient (Wildman–Crippen LogP) is 4.82. The number of fused-ring (bicyclic) bond motifs is 1. The van der Waals surface area contributed by atoms with Crippen molar-refractivity contribution in [2.45, 2.75) is 0 Å². The molecule has 0 fully saturated rings. The van der Waals surface area contributed by atoms with E-state index in [9.17, 15) is 9.90 Å². The van der Waals surface area contributed by atoms with E-state index in [0.717, 1.165) is 27.0 Å². The summed E-state index contributed by atoms with van der Waals surface area (Å²) in [7, 11) is 3.30. The number of nitrogens with one attached hydrogen (secondary N) is 1. The first-order valence-corrected chi connectivity index (χ1v) is 9.71. The molecule has 0 saturated heterocycles. The number of benzene rings is 1. The van der Waals surface area contributed by atoms with Crippen molar-refractivity contribution in [3.05, 3.63) is 52.8 Å². The lowest BCUT2D eigenvalue weighted by atomic mass is 9.98. The van der Waals surface area contributed by atoms with Crippen molar-refractivity contribution >= 4 is 45.8 Å². The van der Waals surface area contributed by atoms with E-state index < -0.39 is 5.97 Å². The fourth-order valence-electron chi connectivity index (χ4n) is 3.07. The molecule has 0 saturated carbocycles. The molecule has 0 amide bonds. The first kappa shape index (κ1) is 19.1. The number of carbonyl (C=O) groups is 1. The molecule has 0 aliphatic rings. The summed E-state index contributed by atoms with van der Waals surface area (Å²) in [5, 5.41) is 13.5. The smallest absolute Gasteiger partial charge is 0.345 e. The number of carboxylic acids is 1. The Balaban J connectivity index is 2.07. The first-order valence-electron chi connectivity index (χ1n) is 8.51. The predicted molar refractivity (Wildman–Crippen MR) is 114 cm³/mol. The highest BCUT2D eigenvalue weighted by atomic mass is 35.5. The summed E-state index contributed by atoms with van der Waals surface area (Å²) in [6.07, 6.45) is 4.99. The van der Waals surface area contributed by atoms with Crippen molar-refractivity contribution < 1.29 is 14.6 Å². The van der Waals surface area contributed by atoms with Crippen LogP contribution < -0.4 is 10.1 Å². The molecule has 0 spiro atoms. The zero-order valence-electron chi connectivity index (χ0n) is 15.4. The van der Waals surface area contributed by atoms with E-state index >= 15 is 0 Å². The lowest BCUT2D eigenvalue weighted by Gasteiger charge is -2.15. The number of pyridine rings is 1. The summed E-state index contributed by atoms with van der Waals surface area (Å²) >= 11 is 7.32. The van der Waals surface area contributed by atoms with Crippen LogP contribution in [0.5, 0.6) is 5.75 Å². The largest absolute Gasteiger partial charge is 0.494 e. The molecule has 9 heteroatoms. The third-order valence-electron chi connectivity index (χ3n) is 4.35. The van der Waals surface area contributed by atoms with Crippen molar-refractivity contribution in [3.8, 4) is 27.3 Å². The molecule has 4 rings (SSSR count). The molecule has 2 N–H and O–H groups in total. The van der Waals surface area contributed by atoms with Crippen LogP contribution in [0.1, 0.15) is 9.67 Å². The second kappa shape index (κ2) is 7.65. The highest BCUT2D eigenvalue weighted by Crippen LogP contribution is 2.43. The second-order valence-corrected chi connectivity index (χ2v) is 7.59. The Morgan fingerprint density at radius 2 is 2.03 bits per heavy atom. The monoisotopic (exact) mass is 426 g/mol. The summed E-state index contributed by atoms with van der Waals surface area (Å²) in [5.41, 5.74) is 2.94. The molecule has 0 bridgehead atoms. The molecular weight excluding hydrogens is 412 g/mol. The number of aromatic nitrogens is 3. The third kappa shape index (κ3) is 3.48. The van der Waals surface area contributed by atoms with E-state index in [2.05, 4.69) is 20.3 Å². The number of rotatable bonds is 5. The molecule has 1 aromatic carbocycles. The standard InChI is InChI=1S/C20H15ClN4O3S/c1-22-20-24-9-14-12(10-5-11(21)8-23-7-10)6-13(18(28-2)17(14)25-20)15-3-4-16(29-15)19(26)27/h3-9H,1-2H3,(H,26,27)(H,22,24,25). The zero-order valence-corrected chi connectivity index (χ0v) is 17.0. The van der Waals surface area contributed by atoms with Gasteiger partial charge in [0.2, 0.25) is 5.95 Å². The molecule has 3 aromatic heterocycles. The van der Waals surface area contributed by atoms with Crippen LogP contribution in [0.2, 0.25) is 5.02 Å². The van der Waals surface area contributed by atoms with Gasteiger partial charge in [0.15, 0.2) is 5.75 Å². The Morgan fingerprint density at radius 3 is 2.69 bits per heavy atom. The molecule has 3 heterocycles. The molecule has 7 nitrogen and oxygen atoms in total. The molecule has 0 atom stereocenters. The van der Waals surface area contributed by atoms with Crippen molar-refractivity contribution in [2.75, 3.05) is 19.5 Å². The van der Waals surface area contributed by atoms with Crippen molar-refractivity contribution in [2.24, 2.45) is 0 Å². The fraction of sp³-hybridized carbons (Fsp3) is 0.100. The minimum atomic E-state index is -0.972. The third-order valence-corrected chi connectivity index (χ3v) is 5.67. The van der Waals surface area contributed by atoms with Crippen LogP contribution in [0.4, 0.5) is 5.95 Å². The van der Waals surface area contributed by atoms with E-state index in [1.165, 1.54) is 11.3 Å². The molecule has 0 aliphatic heterocycles. The lowest BCUT2D eigenvalue weighted by molar-refractivity contribution is 0.0702. The normalized spacial score (nSPS) is 10.9. The molecule has 0 unspecified atom stereocenters. The molecule has 29 heavy (non-hydrogen) atoms.